The first-order valence-electron chi connectivity index (χ1n) is 6.62. The van der Waals surface area contributed by atoms with Gasteiger partial charge in [0, 0.05) is 16.0 Å². The number of fused-ring (bicyclic) bond motifs is 5. The van der Waals surface area contributed by atoms with Crippen LogP contribution in [0.25, 0.3) is 10.1 Å². The van der Waals surface area contributed by atoms with Crippen molar-refractivity contribution in [2.75, 3.05) is 0 Å². The molecule has 0 saturated heterocycles. The Morgan fingerprint density at radius 1 is 1.26 bits per heavy atom. The van der Waals surface area contributed by atoms with E-state index in [1.54, 1.807) is 11.3 Å². The van der Waals surface area contributed by atoms with E-state index in [0.29, 0.717) is 16.5 Å². The molecule has 4 rings (SSSR count). The molecule has 0 radical (unpaired) electrons. The standard InChI is InChI=1S/C15H13BrO2S/c16-12-9-5-3-6-10(12)18-14-13(17)8-4-1-2-7-11(8)19-15(9)14/h1-2,4,7,9-10,12H,3,5-6H2/t9-,10+,12+/m0/s1. The maximum atomic E-state index is 12.6. The van der Waals surface area contributed by atoms with Crippen molar-refractivity contribution >= 4 is 37.4 Å². The smallest absolute Gasteiger partial charge is 0.230 e. The van der Waals surface area contributed by atoms with Gasteiger partial charge < -0.3 is 4.74 Å². The summed E-state index contributed by atoms with van der Waals surface area (Å²) < 4.78 is 7.07. The summed E-state index contributed by atoms with van der Waals surface area (Å²) in [7, 11) is 0. The zero-order chi connectivity index (χ0) is 13.0. The van der Waals surface area contributed by atoms with Crippen molar-refractivity contribution in [2.45, 2.75) is 36.1 Å². The molecule has 2 bridgehead atoms. The van der Waals surface area contributed by atoms with Gasteiger partial charge in [-0.3, -0.25) is 4.79 Å². The van der Waals surface area contributed by atoms with Gasteiger partial charge in [0.05, 0.1) is 9.70 Å². The lowest BCUT2D eigenvalue weighted by molar-refractivity contribution is 0.130. The van der Waals surface area contributed by atoms with E-state index in [-0.39, 0.29) is 11.5 Å². The second kappa shape index (κ2) is 4.32. The third kappa shape index (κ3) is 1.69. The lowest BCUT2D eigenvalue weighted by atomic mass is 9.84. The molecule has 3 atom stereocenters. The van der Waals surface area contributed by atoms with Crippen LogP contribution in [0.5, 0.6) is 5.75 Å². The molecular formula is C15H13BrO2S. The van der Waals surface area contributed by atoms with Crippen LogP contribution in [0.15, 0.2) is 29.1 Å². The normalized spacial score (nSPS) is 28.8. The van der Waals surface area contributed by atoms with Gasteiger partial charge in [0.15, 0.2) is 5.75 Å². The minimum atomic E-state index is 0.0700. The Bertz CT molecular complexity index is 709. The van der Waals surface area contributed by atoms with Crippen molar-refractivity contribution in [3.05, 3.63) is 39.4 Å². The Morgan fingerprint density at radius 3 is 3.00 bits per heavy atom. The third-order valence-corrected chi connectivity index (χ3v) is 6.64. The molecule has 2 nitrogen and oxygen atoms in total. The predicted octanol–water partition coefficient (Wildman–Crippen LogP) is 4.05. The average Bonchev–Trinajstić information content (AvgIpc) is 2.41. The van der Waals surface area contributed by atoms with E-state index in [1.807, 2.05) is 24.3 Å². The van der Waals surface area contributed by atoms with E-state index < -0.39 is 0 Å². The van der Waals surface area contributed by atoms with Crippen LogP contribution in [0, 0.1) is 0 Å². The SMILES string of the molecule is O=c1c2c(sc3ccccc13)[C@H]1CCC[C@@H](O2)[C@@H]1Br. The van der Waals surface area contributed by atoms with Gasteiger partial charge in [-0.15, -0.1) is 11.3 Å². The quantitative estimate of drug-likeness (QED) is 0.678. The minimum Gasteiger partial charge on any atom is -0.484 e. The number of benzene rings is 1. The molecule has 0 unspecified atom stereocenters. The molecule has 1 aromatic heterocycles. The van der Waals surface area contributed by atoms with Gasteiger partial charge in [-0.25, -0.2) is 0 Å². The van der Waals surface area contributed by atoms with E-state index in [0.717, 1.165) is 27.8 Å². The van der Waals surface area contributed by atoms with Crippen molar-refractivity contribution in [1.29, 1.82) is 0 Å². The van der Waals surface area contributed by atoms with E-state index in [1.165, 1.54) is 6.42 Å². The number of ether oxygens (including phenoxy) is 1. The van der Waals surface area contributed by atoms with Crippen LogP contribution in [0.4, 0.5) is 0 Å². The topological polar surface area (TPSA) is 26.3 Å². The largest absolute Gasteiger partial charge is 0.484 e. The molecule has 1 aliphatic heterocycles. The molecule has 0 amide bonds. The first-order valence-corrected chi connectivity index (χ1v) is 8.35. The van der Waals surface area contributed by atoms with Gasteiger partial charge in [0.25, 0.3) is 0 Å². The highest BCUT2D eigenvalue weighted by Gasteiger charge is 2.41. The number of rotatable bonds is 0. The highest BCUT2D eigenvalue weighted by Crippen LogP contribution is 2.48. The van der Waals surface area contributed by atoms with E-state index in [4.69, 9.17) is 4.74 Å². The summed E-state index contributed by atoms with van der Waals surface area (Å²) in [5.41, 5.74) is 0.0700. The molecule has 1 saturated carbocycles. The summed E-state index contributed by atoms with van der Waals surface area (Å²) in [5, 5.41) is 0.789. The first kappa shape index (κ1) is 11.9. The number of alkyl halides is 1. The summed E-state index contributed by atoms with van der Waals surface area (Å²) in [6, 6.07) is 7.83. The minimum absolute atomic E-state index is 0.0700. The van der Waals surface area contributed by atoms with Crippen molar-refractivity contribution in [3.63, 3.8) is 0 Å². The van der Waals surface area contributed by atoms with Gasteiger partial charge in [-0.2, -0.15) is 0 Å². The lowest BCUT2D eigenvalue weighted by Gasteiger charge is -2.39. The summed E-state index contributed by atoms with van der Waals surface area (Å²) in [4.78, 5) is 14.1. The monoisotopic (exact) mass is 336 g/mol. The van der Waals surface area contributed by atoms with Gasteiger partial charge in [-0.05, 0) is 31.4 Å². The van der Waals surface area contributed by atoms with Crippen molar-refractivity contribution in [3.8, 4) is 5.75 Å². The second-order valence-corrected chi connectivity index (χ2v) is 7.40. The summed E-state index contributed by atoms with van der Waals surface area (Å²) in [5.74, 6) is 1.05. The first-order chi connectivity index (χ1) is 9.25. The number of halogens is 1. The van der Waals surface area contributed by atoms with Crippen LogP contribution < -0.4 is 10.2 Å². The highest BCUT2D eigenvalue weighted by atomic mass is 79.9. The second-order valence-electron chi connectivity index (χ2n) is 5.26. The molecular weight excluding hydrogens is 324 g/mol. The molecule has 2 heterocycles. The van der Waals surface area contributed by atoms with E-state index >= 15 is 0 Å². The Labute approximate surface area is 123 Å². The highest BCUT2D eigenvalue weighted by molar-refractivity contribution is 9.09. The van der Waals surface area contributed by atoms with Crippen LogP contribution in [-0.2, 0) is 0 Å². The molecule has 1 aliphatic carbocycles. The van der Waals surface area contributed by atoms with Crippen LogP contribution in [0.3, 0.4) is 0 Å². The fourth-order valence-electron chi connectivity index (χ4n) is 3.17. The number of hydrogen-bond donors (Lipinski definition) is 0. The van der Waals surface area contributed by atoms with Gasteiger partial charge in [0.2, 0.25) is 5.43 Å². The fourth-order valence-corrected chi connectivity index (χ4v) is 5.54. The molecule has 2 aliphatic rings. The van der Waals surface area contributed by atoms with E-state index in [9.17, 15) is 4.79 Å². The Morgan fingerprint density at radius 2 is 2.11 bits per heavy atom. The lowest BCUT2D eigenvalue weighted by Crippen LogP contribution is -2.41. The Hall–Kier alpha value is -0.870. The Kier molecular flexibility index (Phi) is 2.71. The zero-order valence-electron chi connectivity index (χ0n) is 10.3. The van der Waals surface area contributed by atoms with Crippen molar-refractivity contribution in [2.24, 2.45) is 0 Å². The van der Waals surface area contributed by atoms with Gasteiger partial charge in [0.1, 0.15) is 6.10 Å². The molecule has 0 N–H and O–H groups in total. The third-order valence-electron chi connectivity index (χ3n) is 4.13. The van der Waals surface area contributed by atoms with Crippen molar-refractivity contribution in [1.82, 2.24) is 0 Å². The van der Waals surface area contributed by atoms with Crippen LogP contribution in [0.1, 0.15) is 30.1 Å². The molecule has 98 valence electrons. The fraction of sp³-hybridized carbons (Fsp3) is 0.400. The van der Waals surface area contributed by atoms with Crippen LogP contribution >= 0.6 is 27.3 Å². The Balaban J connectivity index is 2.03. The molecule has 0 spiro atoms. The average molecular weight is 337 g/mol. The molecule has 19 heavy (non-hydrogen) atoms. The van der Waals surface area contributed by atoms with Gasteiger partial charge >= 0.3 is 0 Å². The van der Waals surface area contributed by atoms with E-state index in [2.05, 4.69) is 15.9 Å². The number of hydrogen-bond acceptors (Lipinski definition) is 3. The van der Waals surface area contributed by atoms with Crippen molar-refractivity contribution < 1.29 is 4.74 Å². The molecule has 2 aromatic rings. The molecule has 1 aromatic carbocycles. The molecule has 1 fully saturated rings. The predicted molar refractivity (Wildman–Crippen MR) is 81.8 cm³/mol. The van der Waals surface area contributed by atoms with Crippen LogP contribution in [0.2, 0.25) is 0 Å². The summed E-state index contributed by atoms with van der Waals surface area (Å²) in [6.45, 7) is 0. The maximum absolute atomic E-state index is 12.6. The van der Waals surface area contributed by atoms with Gasteiger partial charge in [-0.1, -0.05) is 28.1 Å². The summed E-state index contributed by atoms with van der Waals surface area (Å²) >= 11 is 5.49. The molecule has 4 heteroatoms. The summed E-state index contributed by atoms with van der Waals surface area (Å²) in [6.07, 6.45) is 3.54. The zero-order valence-corrected chi connectivity index (χ0v) is 12.7. The van der Waals surface area contributed by atoms with Crippen LogP contribution in [-0.4, -0.2) is 10.9 Å². The maximum Gasteiger partial charge on any atom is 0.230 e.